The molecule has 0 aliphatic carbocycles. The summed E-state index contributed by atoms with van der Waals surface area (Å²) >= 11 is 5.57. The summed E-state index contributed by atoms with van der Waals surface area (Å²) in [6.07, 6.45) is 0. The summed E-state index contributed by atoms with van der Waals surface area (Å²) < 4.78 is 15.5. The van der Waals surface area contributed by atoms with Gasteiger partial charge in [0.1, 0.15) is 11.6 Å². The van der Waals surface area contributed by atoms with Crippen molar-refractivity contribution in [1.82, 2.24) is 14.1 Å². The van der Waals surface area contributed by atoms with Gasteiger partial charge >= 0.3 is 11.4 Å². The second-order valence-electron chi connectivity index (χ2n) is 4.52. The molecular weight excluding hydrogens is 303 g/mol. The lowest BCUT2D eigenvalue weighted by atomic mass is 10.3. The molecule has 0 amide bonds. The monoisotopic (exact) mass is 314 g/mol. The van der Waals surface area contributed by atoms with Gasteiger partial charge in [0.2, 0.25) is 5.95 Å². The Kier molecular flexibility index (Phi) is 3.73. The molecule has 1 aromatic heterocycles. The molecule has 0 saturated heterocycles. The highest BCUT2D eigenvalue weighted by Gasteiger charge is 2.17. The lowest BCUT2D eigenvalue weighted by Crippen LogP contribution is -2.42. The summed E-state index contributed by atoms with van der Waals surface area (Å²) in [6, 6.07) is 1.72. The molecule has 2 rings (SSSR count). The van der Waals surface area contributed by atoms with Gasteiger partial charge in [0.05, 0.1) is 10.7 Å². The molecule has 7 nitrogen and oxygen atoms in total. The third kappa shape index (κ3) is 2.49. The van der Waals surface area contributed by atoms with E-state index in [0.29, 0.717) is 4.57 Å². The van der Waals surface area contributed by atoms with E-state index in [0.717, 1.165) is 16.7 Å². The zero-order valence-electron chi connectivity index (χ0n) is 11.5. The zero-order valence-corrected chi connectivity index (χ0v) is 12.2. The Morgan fingerprint density at radius 3 is 2.52 bits per heavy atom. The van der Waals surface area contributed by atoms with E-state index in [1.165, 1.54) is 11.9 Å². The minimum atomic E-state index is -0.956. The number of hydrogen-bond acceptors (Lipinski definition) is 5. The van der Waals surface area contributed by atoms with E-state index in [4.69, 9.17) is 11.6 Å². The standard InChI is InChI=1S/C12H12ClFN4O3/c1-16(2)10-15-11(20)18(12(21)17(10)3)8-5-9(19)6(13)4-7(8)14/h4-5,19H,1-3H3. The average Bonchev–Trinajstić information content (AvgIpc) is 2.39. The van der Waals surface area contributed by atoms with E-state index in [2.05, 4.69) is 4.98 Å². The lowest BCUT2D eigenvalue weighted by molar-refractivity contribution is 0.472. The molecule has 112 valence electrons. The number of phenolic OH excluding ortho intramolecular Hbond substituents is 1. The molecule has 9 heteroatoms. The molecule has 0 fully saturated rings. The first-order chi connectivity index (χ1) is 9.73. The van der Waals surface area contributed by atoms with Gasteiger partial charge in [0.25, 0.3) is 0 Å². The van der Waals surface area contributed by atoms with Gasteiger partial charge in [-0.25, -0.2) is 18.5 Å². The Morgan fingerprint density at radius 1 is 1.33 bits per heavy atom. The van der Waals surface area contributed by atoms with Crippen LogP contribution in [0.4, 0.5) is 10.3 Å². The van der Waals surface area contributed by atoms with Crippen molar-refractivity contribution < 1.29 is 9.50 Å². The third-order valence-corrected chi connectivity index (χ3v) is 3.13. The number of benzene rings is 1. The topological polar surface area (TPSA) is 80.4 Å². The van der Waals surface area contributed by atoms with Crippen molar-refractivity contribution in [3.63, 3.8) is 0 Å². The molecule has 21 heavy (non-hydrogen) atoms. The molecule has 0 radical (unpaired) electrons. The van der Waals surface area contributed by atoms with Crippen molar-refractivity contribution in [3.8, 4) is 11.4 Å². The predicted molar refractivity (Wildman–Crippen MR) is 76.0 cm³/mol. The van der Waals surface area contributed by atoms with Crippen molar-refractivity contribution in [2.75, 3.05) is 19.0 Å². The van der Waals surface area contributed by atoms with Crippen molar-refractivity contribution in [3.05, 3.63) is 43.9 Å². The molecule has 0 atom stereocenters. The van der Waals surface area contributed by atoms with E-state index in [1.54, 1.807) is 14.1 Å². The molecular formula is C12H12ClFN4O3. The van der Waals surface area contributed by atoms with Gasteiger partial charge in [0, 0.05) is 27.2 Å². The van der Waals surface area contributed by atoms with Gasteiger partial charge in [-0.2, -0.15) is 4.98 Å². The number of phenols is 1. The molecule has 0 spiro atoms. The maximum Gasteiger partial charge on any atom is 0.359 e. The minimum absolute atomic E-state index is 0.125. The Labute approximate surface area is 123 Å². The van der Waals surface area contributed by atoms with Crippen LogP contribution in [0.3, 0.4) is 0 Å². The van der Waals surface area contributed by atoms with Crippen LogP contribution >= 0.6 is 11.6 Å². The van der Waals surface area contributed by atoms with Crippen LogP contribution in [0, 0.1) is 5.82 Å². The van der Waals surface area contributed by atoms with Crippen LogP contribution in [0.5, 0.6) is 5.75 Å². The zero-order chi connectivity index (χ0) is 15.9. The first-order valence-electron chi connectivity index (χ1n) is 5.80. The predicted octanol–water partition coefficient (Wildman–Crippen LogP) is 0.495. The molecule has 0 unspecified atom stereocenters. The highest BCUT2D eigenvalue weighted by Crippen LogP contribution is 2.27. The van der Waals surface area contributed by atoms with Gasteiger partial charge < -0.3 is 10.0 Å². The molecule has 0 aliphatic rings. The Hall–Kier alpha value is -2.35. The first-order valence-corrected chi connectivity index (χ1v) is 6.17. The fraction of sp³-hybridized carbons (Fsp3) is 0.250. The lowest BCUT2D eigenvalue weighted by Gasteiger charge is -2.16. The Morgan fingerprint density at radius 2 is 1.95 bits per heavy atom. The Balaban J connectivity index is 2.84. The van der Waals surface area contributed by atoms with E-state index in [1.807, 2.05) is 0 Å². The normalized spacial score (nSPS) is 10.7. The van der Waals surface area contributed by atoms with Gasteiger partial charge in [-0.1, -0.05) is 11.6 Å². The van der Waals surface area contributed by atoms with Gasteiger partial charge in [0.15, 0.2) is 0 Å². The van der Waals surface area contributed by atoms with Crippen LogP contribution in [0.1, 0.15) is 0 Å². The van der Waals surface area contributed by atoms with Gasteiger partial charge in [-0.05, 0) is 6.07 Å². The van der Waals surface area contributed by atoms with Crippen LogP contribution in [0.2, 0.25) is 5.02 Å². The molecule has 1 heterocycles. The quantitative estimate of drug-likeness (QED) is 0.873. The summed E-state index contributed by atoms with van der Waals surface area (Å²) in [6.45, 7) is 0. The first kappa shape index (κ1) is 15.0. The van der Waals surface area contributed by atoms with Gasteiger partial charge in [-0.15, -0.1) is 0 Å². The average molecular weight is 315 g/mol. The Bertz CT molecular complexity index is 828. The van der Waals surface area contributed by atoms with Crippen LogP contribution in [0.15, 0.2) is 21.7 Å². The van der Waals surface area contributed by atoms with Gasteiger partial charge in [-0.3, -0.25) is 4.57 Å². The van der Waals surface area contributed by atoms with Crippen molar-refractivity contribution in [2.24, 2.45) is 7.05 Å². The molecule has 1 aromatic carbocycles. The minimum Gasteiger partial charge on any atom is -0.506 e. The number of anilines is 1. The number of rotatable bonds is 2. The van der Waals surface area contributed by atoms with E-state index >= 15 is 0 Å². The highest BCUT2D eigenvalue weighted by atomic mass is 35.5. The molecule has 1 N–H and O–H groups in total. The summed E-state index contributed by atoms with van der Waals surface area (Å²) in [5.41, 5.74) is -2.16. The summed E-state index contributed by atoms with van der Waals surface area (Å²) in [5, 5.41) is 9.31. The second kappa shape index (κ2) is 5.21. The maximum absolute atomic E-state index is 13.9. The summed E-state index contributed by atoms with van der Waals surface area (Å²) in [7, 11) is 4.62. The van der Waals surface area contributed by atoms with Crippen LogP contribution in [-0.2, 0) is 7.05 Å². The van der Waals surface area contributed by atoms with E-state index in [-0.39, 0.29) is 11.0 Å². The molecule has 0 aliphatic heterocycles. The van der Waals surface area contributed by atoms with Crippen LogP contribution < -0.4 is 16.3 Å². The molecule has 2 aromatic rings. The smallest absolute Gasteiger partial charge is 0.359 e. The molecule has 0 bridgehead atoms. The fourth-order valence-corrected chi connectivity index (χ4v) is 1.98. The van der Waals surface area contributed by atoms with E-state index < -0.39 is 28.6 Å². The number of aromatic hydroxyl groups is 1. The number of halogens is 2. The van der Waals surface area contributed by atoms with Crippen molar-refractivity contribution in [1.29, 1.82) is 0 Å². The fourth-order valence-electron chi connectivity index (χ4n) is 1.83. The molecule has 0 saturated carbocycles. The van der Waals surface area contributed by atoms with Crippen LogP contribution in [0.25, 0.3) is 5.69 Å². The van der Waals surface area contributed by atoms with Crippen LogP contribution in [-0.4, -0.2) is 33.3 Å². The number of hydrogen-bond donors (Lipinski definition) is 1. The summed E-state index contributed by atoms with van der Waals surface area (Å²) in [5.74, 6) is -1.24. The van der Waals surface area contributed by atoms with E-state index in [9.17, 15) is 19.1 Å². The number of nitrogens with zero attached hydrogens (tertiary/aromatic N) is 4. The number of aromatic nitrogens is 3. The third-order valence-electron chi connectivity index (χ3n) is 2.82. The summed E-state index contributed by atoms with van der Waals surface area (Å²) in [4.78, 5) is 29.4. The SMILES string of the molecule is CN(C)c1nc(=O)n(-c2cc(O)c(Cl)cc2F)c(=O)n1C. The van der Waals surface area contributed by atoms with Crippen molar-refractivity contribution >= 4 is 17.5 Å². The largest absolute Gasteiger partial charge is 0.506 e. The second-order valence-corrected chi connectivity index (χ2v) is 4.93. The highest BCUT2D eigenvalue weighted by molar-refractivity contribution is 6.32. The van der Waals surface area contributed by atoms with Crippen molar-refractivity contribution in [2.45, 2.75) is 0 Å². The maximum atomic E-state index is 13.9.